The largest absolute Gasteiger partial charge is 0.347 e. The summed E-state index contributed by atoms with van der Waals surface area (Å²) in [6.07, 6.45) is 2.28. The average Bonchev–Trinajstić information content (AvgIpc) is 2.60. The number of Topliss-reactive ketones (excluding diaryl/α,β-unsaturated/α-hetero) is 3. The van der Waals surface area contributed by atoms with Gasteiger partial charge in [-0.3, -0.25) is 14.4 Å². The van der Waals surface area contributed by atoms with Crippen LogP contribution >= 0.6 is 0 Å². The number of hydrogen-bond donors (Lipinski definition) is 0. The van der Waals surface area contributed by atoms with Crippen LogP contribution in [0.3, 0.4) is 0 Å². The van der Waals surface area contributed by atoms with E-state index in [4.69, 9.17) is 9.47 Å². The minimum Gasteiger partial charge on any atom is -0.347 e. The van der Waals surface area contributed by atoms with E-state index in [2.05, 4.69) is 0 Å². The Kier molecular flexibility index (Phi) is 3.87. The van der Waals surface area contributed by atoms with Crippen LogP contribution in [-0.4, -0.2) is 35.3 Å². The molecular formula is C14H20O5. The van der Waals surface area contributed by atoms with Crippen molar-refractivity contribution in [2.75, 3.05) is 6.61 Å². The van der Waals surface area contributed by atoms with Gasteiger partial charge in [0, 0.05) is 38.5 Å². The molecule has 5 nitrogen and oxygen atoms in total. The zero-order valence-corrected chi connectivity index (χ0v) is 11.5. The molecule has 0 amide bonds. The van der Waals surface area contributed by atoms with Crippen LogP contribution in [0.5, 0.6) is 0 Å². The molecule has 0 unspecified atom stereocenters. The molecule has 1 saturated heterocycles. The Balaban J connectivity index is 2.12. The molecule has 2 aliphatic rings. The highest BCUT2D eigenvalue weighted by Gasteiger charge is 2.52. The zero-order valence-electron chi connectivity index (χ0n) is 11.5. The van der Waals surface area contributed by atoms with Crippen molar-refractivity contribution >= 4 is 17.3 Å². The van der Waals surface area contributed by atoms with Gasteiger partial charge >= 0.3 is 0 Å². The maximum absolute atomic E-state index is 11.4. The third kappa shape index (κ3) is 3.28. The van der Waals surface area contributed by atoms with Gasteiger partial charge in [-0.1, -0.05) is 0 Å². The molecule has 1 heterocycles. The minimum absolute atomic E-state index is 0.0196. The Morgan fingerprint density at radius 2 is 1.63 bits per heavy atom. The van der Waals surface area contributed by atoms with E-state index >= 15 is 0 Å². The van der Waals surface area contributed by atoms with Crippen molar-refractivity contribution in [3.05, 3.63) is 0 Å². The molecule has 0 radical (unpaired) electrons. The van der Waals surface area contributed by atoms with Crippen LogP contribution in [0.4, 0.5) is 0 Å². The van der Waals surface area contributed by atoms with Gasteiger partial charge in [-0.2, -0.15) is 0 Å². The Labute approximate surface area is 112 Å². The molecule has 0 aromatic carbocycles. The van der Waals surface area contributed by atoms with E-state index in [1.807, 2.05) is 0 Å². The molecule has 106 valence electrons. The first-order valence-corrected chi connectivity index (χ1v) is 6.70. The lowest BCUT2D eigenvalue weighted by atomic mass is 9.91. The smallest absolute Gasteiger partial charge is 0.170 e. The van der Waals surface area contributed by atoms with E-state index in [9.17, 15) is 14.4 Å². The van der Waals surface area contributed by atoms with Crippen molar-refractivity contribution in [3.63, 3.8) is 0 Å². The molecule has 5 heteroatoms. The Bertz CT molecular complexity index is 386. The van der Waals surface area contributed by atoms with Gasteiger partial charge in [-0.25, -0.2) is 0 Å². The summed E-state index contributed by atoms with van der Waals surface area (Å²) in [7, 11) is 0. The second-order valence-electron chi connectivity index (χ2n) is 5.78. The van der Waals surface area contributed by atoms with Gasteiger partial charge in [0.25, 0.3) is 0 Å². The van der Waals surface area contributed by atoms with Crippen molar-refractivity contribution < 1.29 is 23.9 Å². The van der Waals surface area contributed by atoms with Crippen molar-refractivity contribution in [2.45, 2.75) is 63.8 Å². The van der Waals surface area contributed by atoms with E-state index in [1.165, 1.54) is 13.8 Å². The number of carbonyl (C=O) groups excluding carboxylic acids is 3. The second-order valence-corrected chi connectivity index (χ2v) is 5.78. The molecule has 0 N–H and O–H groups in total. The van der Waals surface area contributed by atoms with Gasteiger partial charge in [0.05, 0.1) is 6.61 Å². The van der Waals surface area contributed by atoms with Gasteiger partial charge in [0.2, 0.25) is 0 Å². The summed E-state index contributed by atoms with van der Waals surface area (Å²) in [6.45, 7) is 3.22. The number of ketones is 3. The Hall–Kier alpha value is -1.07. The van der Waals surface area contributed by atoms with Crippen molar-refractivity contribution in [1.29, 1.82) is 0 Å². The summed E-state index contributed by atoms with van der Waals surface area (Å²) in [5.74, 6) is -0.588. The molecule has 1 saturated carbocycles. The highest BCUT2D eigenvalue weighted by atomic mass is 16.8. The van der Waals surface area contributed by atoms with E-state index in [0.29, 0.717) is 25.7 Å². The van der Waals surface area contributed by atoms with Crippen molar-refractivity contribution in [2.24, 2.45) is 0 Å². The van der Waals surface area contributed by atoms with E-state index in [1.54, 1.807) is 0 Å². The lowest BCUT2D eigenvalue weighted by molar-refractivity contribution is -0.206. The summed E-state index contributed by atoms with van der Waals surface area (Å²) >= 11 is 0. The van der Waals surface area contributed by atoms with Crippen LogP contribution in [0.2, 0.25) is 0 Å². The molecule has 19 heavy (non-hydrogen) atoms. The predicted molar refractivity (Wildman–Crippen MR) is 66.6 cm³/mol. The maximum Gasteiger partial charge on any atom is 0.170 e. The van der Waals surface area contributed by atoms with Crippen LogP contribution < -0.4 is 0 Å². The third-order valence-electron chi connectivity index (χ3n) is 3.71. The number of carbonyl (C=O) groups is 3. The Morgan fingerprint density at radius 3 is 2.11 bits per heavy atom. The number of rotatable bonds is 4. The predicted octanol–water partition coefficient (Wildman–Crippen LogP) is 1.57. The number of ether oxygens (including phenoxy) is 2. The van der Waals surface area contributed by atoms with Crippen LogP contribution in [0.15, 0.2) is 0 Å². The van der Waals surface area contributed by atoms with Crippen LogP contribution in [0, 0.1) is 0 Å². The normalized spacial score (nSPS) is 24.6. The van der Waals surface area contributed by atoms with Gasteiger partial charge in [-0.15, -0.1) is 0 Å². The van der Waals surface area contributed by atoms with E-state index < -0.39 is 11.4 Å². The van der Waals surface area contributed by atoms with Gasteiger partial charge in [0.15, 0.2) is 5.79 Å². The standard InChI is InChI=1S/C14H20O5/c1-10(15)7-13(8-11(2)16)9-18-14(19-13)5-3-12(17)4-6-14/h3-9H2,1-2H3. The second kappa shape index (κ2) is 5.13. The van der Waals surface area contributed by atoms with Crippen molar-refractivity contribution in [1.82, 2.24) is 0 Å². The molecule has 0 aromatic heterocycles. The molecular weight excluding hydrogens is 248 g/mol. The van der Waals surface area contributed by atoms with E-state index in [0.717, 1.165) is 0 Å². The lowest BCUT2D eigenvalue weighted by Crippen LogP contribution is -2.41. The fraction of sp³-hybridized carbons (Fsp3) is 0.786. The molecule has 0 aromatic rings. The number of hydrogen-bond acceptors (Lipinski definition) is 5. The first-order valence-electron chi connectivity index (χ1n) is 6.70. The highest BCUT2D eigenvalue weighted by Crippen LogP contribution is 2.43. The Morgan fingerprint density at radius 1 is 1.11 bits per heavy atom. The lowest BCUT2D eigenvalue weighted by Gasteiger charge is -2.34. The summed E-state index contributed by atoms with van der Waals surface area (Å²) in [5.41, 5.74) is -0.835. The topological polar surface area (TPSA) is 69.7 Å². The summed E-state index contributed by atoms with van der Waals surface area (Å²) < 4.78 is 11.8. The molecule has 1 spiro atoms. The van der Waals surface area contributed by atoms with Crippen molar-refractivity contribution in [3.8, 4) is 0 Å². The summed E-state index contributed by atoms with van der Waals surface area (Å²) in [4.78, 5) is 34.1. The van der Waals surface area contributed by atoms with Gasteiger partial charge < -0.3 is 9.47 Å². The summed E-state index contributed by atoms with van der Waals surface area (Å²) in [6, 6.07) is 0. The van der Waals surface area contributed by atoms with Crippen LogP contribution in [0.25, 0.3) is 0 Å². The quantitative estimate of drug-likeness (QED) is 0.774. The fourth-order valence-electron chi connectivity index (χ4n) is 3.02. The maximum atomic E-state index is 11.4. The first kappa shape index (κ1) is 14.3. The molecule has 2 fully saturated rings. The van der Waals surface area contributed by atoms with Gasteiger partial charge in [0.1, 0.15) is 23.0 Å². The van der Waals surface area contributed by atoms with Gasteiger partial charge in [-0.05, 0) is 13.8 Å². The highest BCUT2D eigenvalue weighted by molar-refractivity contribution is 5.81. The van der Waals surface area contributed by atoms with Crippen LogP contribution in [-0.2, 0) is 23.9 Å². The molecule has 2 rings (SSSR count). The minimum atomic E-state index is -0.835. The van der Waals surface area contributed by atoms with E-state index in [-0.39, 0.29) is 36.8 Å². The molecule has 1 aliphatic heterocycles. The van der Waals surface area contributed by atoms with Crippen LogP contribution in [0.1, 0.15) is 52.4 Å². The monoisotopic (exact) mass is 268 g/mol. The average molecular weight is 268 g/mol. The third-order valence-corrected chi connectivity index (χ3v) is 3.71. The molecule has 1 aliphatic carbocycles. The first-order chi connectivity index (χ1) is 8.85. The SMILES string of the molecule is CC(=O)CC1(CC(C)=O)COC2(CCC(=O)CC2)O1. The molecule has 0 atom stereocenters. The molecule has 0 bridgehead atoms. The summed E-state index contributed by atoms with van der Waals surface area (Å²) in [5, 5.41) is 0. The zero-order chi connectivity index (χ0) is 14.1. The fourth-order valence-corrected chi connectivity index (χ4v) is 3.02.